The van der Waals surface area contributed by atoms with Crippen LogP contribution in [0.5, 0.6) is 11.5 Å². The van der Waals surface area contributed by atoms with E-state index >= 15 is 0 Å². The molecule has 2 aromatic heterocycles. The number of ether oxygens (including phenoxy) is 3. The second kappa shape index (κ2) is 14.8. The lowest BCUT2D eigenvalue weighted by atomic mass is 10.0. The number of nitrogens with zero attached hydrogens (tertiary/aromatic N) is 4. The monoisotopic (exact) mass is 622 g/mol. The molecule has 2 atom stereocenters. The molecule has 6 rings (SSSR count). The Balaban J connectivity index is 1.38. The average molecular weight is 623 g/mol. The minimum Gasteiger partial charge on any atom is -0.497 e. The maximum atomic E-state index is 7.06. The molecule has 0 bridgehead atoms. The van der Waals surface area contributed by atoms with Crippen molar-refractivity contribution in [2.75, 3.05) is 14.2 Å². The minimum atomic E-state index is -0.516. The molecule has 0 aliphatic carbocycles. The van der Waals surface area contributed by atoms with Crippen LogP contribution in [0.2, 0.25) is 0 Å². The Morgan fingerprint density at radius 3 is 1.15 bits per heavy atom. The van der Waals surface area contributed by atoms with Crippen molar-refractivity contribution in [2.45, 2.75) is 38.9 Å². The molecule has 0 amide bonds. The molecule has 0 saturated carbocycles. The van der Waals surface area contributed by atoms with Crippen LogP contribution in [-0.2, 0) is 17.6 Å². The fraction of sp³-hybridized carbons (Fsp3) is 0.200. The first kappa shape index (κ1) is 31.6. The number of rotatable bonds is 12. The van der Waals surface area contributed by atoms with Crippen molar-refractivity contribution in [3.05, 3.63) is 155 Å². The van der Waals surface area contributed by atoms with Crippen molar-refractivity contribution in [1.29, 1.82) is 0 Å². The smallest absolute Gasteiger partial charge is 0.127 e. The van der Waals surface area contributed by atoms with Crippen molar-refractivity contribution in [3.63, 3.8) is 0 Å². The molecule has 0 fully saturated rings. The normalized spacial score (nSPS) is 12.3. The van der Waals surface area contributed by atoms with Gasteiger partial charge in [0.1, 0.15) is 23.7 Å². The average Bonchev–Trinajstić information content (AvgIpc) is 3.16. The minimum absolute atomic E-state index is 0.516. The van der Waals surface area contributed by atoms with Crippen LogP contribution in [0.3, 0.4) is 0 Å². The molecule has 7 heteroatoms. The zero-order valence-electron chi connectivity index (χ0n) is 27.1. The molecule has 7 nitrogen and oxygen atoms in total. The van der Waals surface area contributed by atoms with Gasteiger partial charge in [-0.05, 0) is 83.6 Å². The second-order valence-electron chi connectivity index (χ2n) is 11.2. The highest BCUT2D eigenvalue weighted by Crippen LogP contribution is 2.35. The molecule has 236 valence electrons. The lowest BCUT2D eigenvalue weighted by Gasteiger charge is -2.25. The Morgan fingerprint density at radius 2 is 0.851 bits per heavy atom. The third-order valence-corrected chi connectivity index (χ3v) is 8.31. The summed E-state index contributed by atoms with van der Waals surface area (Å²) in [4.78, 5) is 19.4. The van der Waals surface area contributed by atoms with Gasteiger partial charge in [0.05, 0.1) is 61.8 Å². The van der Waals surface area contributed by atoms with E-state index < -0.39 is 12.2 Å². The van der Waals surface area contributed by atoms with E-state index in [9.17, 15) is 0 Å². The van der Waals surface area contributed by atoms with E-state index in [2.05, 4.69) is 62.4 Å². The van der Waals surface area contributed by atoms with E-state index in [1.807, 2.05) is 48.5 Å². The molecule has 0 N–H and O–H groups in total. The molecule has 0 radical (unpaired) electrons. The largest absolute Gasteiger partial charge is 0.497 e. The molecule has 0 aliphatic heterocycles. The fourth-order valence-corrected chi connectivity index (χ4v) is 5.40. The van der Waals surface area contributed by atoms with Gasteiger partial charge >= 0.3 is 0 Å². The van der Waals surface area contributed by atoms with Crippen molar-refractivity contribution < 1.29 is 14.2 Å². The molecule has 0 aliphatic rings. The second-order valence-corrected chi connectivity index (χ2v) is 11.2. The third kappa shape index (κ3) is 7.37. The van der Waals surface area contributed by atoms with Crippen LogP contribution in [-0.4, -0.2) is 34.2 Å². The summed E-state index contributed by atoms with van der Waals surface area (Å²) in [6, 6.07) is 32.6. The Hall–Kier alpha value is -5.40. The molecule has 4 aromatic carbocycles. The van der Waals surface area contributed by atoms with Crippen molar-refractivity contribution in [2.24, 2.45) is 0 Å². The maximum Gasteiger partial charge on any atom is 0.127 e. The third-order valence-electron chi connectivity index (χ3n) is 8.31. The number of aromatic nitrogens is 4. The molecular weight excluding hydrogens is 584 g/mol. The van der Waals surface area contributed by atoms with Gasteiger partial charge in [-0.3, -0.25) is 19.9 Å². The highest BCUT2D eigenvalue weighted by molar-refractivity contribution is 5.60. The summed E-state index contributed by atoms with van der Waals surface area (Å²) in [7, 11) is 3.31. The molecule has 2 unspecified atom stereocenters. The van der Waals surface area contributed by atoms with Gasteiger partial charge in [-0.1, -0.05) is 62.4 Å². The Labute approximate surface area is 276 Å². The number of aryl methyl sites for hydroxylation is 2. The van der Waals surface area contributed by atoms with Gasteiger partial charge in [0.2, 0.25) is 0 Å². The van der Waals surface area contributed by atoms with E-state index in [-0.39, 0.29) is 0 Å². The van der Waals surface area contributed by atoms with Gasteiger partial charge in [-0.2, -0.15) is 0 Å². The van der Waals surface area contributed by atoms with Crippen molar-refractivity contribution in [1.82, 2.24) is 19.9 Å². The zero-order chi connectivity index (χ0) is 32.6. The molecule has 2 heterocycles. The van der Waals surface area contributed by atoms with Crippen LogP contribution in [0, 0.1) is 0 Å². The topological polar surface area (TPSA) is 79.2 Å². The van der Waals surface area contributed by atoms with Crippen LogP contribution in [0.4, 0.5) is 0 Å². The molecule has 0 spiro atoms. The summed E-state index contributed by atoms with van der Waals surface area (Å²) in [5.74, 6) is 1.58. The van der Waals surface area contributed by atoms with Gasteiger partial charge < -0.3 is 14.2 Å². The quantitative estimate of drug-likeness (QED) is 0.135. The fourth-order valence-electron chi connectivity index (χ4n) is 5.40. The van der Waals surface area contributed by atoms with Gasteiger partial charge in [0.15, 0.2) is 0 Å². The number of benzene rings is 4. The number of hydrogen-bond acceptors (Lipinski definition) is 7. The molecule has 0 saturated heterocycles. The highest BCUT2D eigenvalue weighted by Gasteiger charge is 2.26. The SMILES string of the molecule is CCc1ccc(C(OC(c2ccc(CC)cc2)c2cnc(-c3ccc(OC)cc3)cn2)c2cnc(-c3ccc(OC)cc3)cn2)cc1. The Bertz CT molecular complexity index is 1720. The summed E-state index contributed by atoms with van der Waals surface area (Å²) >= 11 is 0. The lowest BCUT2D eigenvalue weighted by molar-refractivity contribution is 0.0258. The summed E-state index contributed by atoms with van der Waals surface area (Å²) in [5.41, 5.74) is 9.30. The first-order valence-electron chi connectivity index (χ1n) is 15.8. The van der Waals surface area contributed by atoms with E-state index in [1.165, 1.54) is 11.1 Å². The van der Waals surface area contributed by atoms with Crippen LogP contribution >= 0.6 is 0 Å². The first-order valence-corrected chi connectivity index (χ1v) is 15.8. The summed E-state index contributed by atoms with van der Waals surface area (Å²) in [5, 5.41) is 0. The Morgan fingerprint density at radius 1 is 0.468 bits per heavy atom. The van der Waals surface area contributed by atoms with Crippen molar-refractivity contribution >= 4 is 0 Å². The number of methoxy groups -OCH3 is 2. The van der Waals surface area contributed by atoms with Crippen LogP contribution in [0.15, 0.2) is 122 Å². The van der Waals surface area contributed by atoms with Crippen LogP contribution in [0.25, 0.3) is 22.5 Å². The zero-order valence-corrected chi connectivity index (χ0v) is 27.1. The predicted octanol–water partition coefficient (Wildman–Crippen LogP) is 8.64. The van der Waals surface area contributed by atoms with Crippen LogP contribution in [0.1, 0.15) is 59.7 Å². The summed E-state index contributed by atoms with van der Waals surface area (Å²) in [6.07, 6.45) is 8.05. The van der Waals surface area contributed by atoms with Crippen molar-refractivity contribution in [3.8, 4) is 34.0 Å². The van der Waals surface area contributed by atoms with Gasteiger partial charge in [0.25, 0.3) is 0 Å². The molecular formula is C40H38N4O3. The number of hydrogen-bond donors (Lipinski definition) is 0. The summed E-state index contributed by atoms with van der Waals surface area (Å²) in [6.45, 7) is 4.30. The predicted molar refractivity (Wildman–Crippen MR) is 184 cm³/mol. The first-order chi connectivity index (χ1) is 23.1. The van der Waals surface area contributed by atoms with Gasteiger partial charge in [-0.15, -0.1) is 0 Å². The van der Waals surface area contributed by atoms with E-state index in [0.29, 0.717) is 11.4 Å². The van der Waals surface area contributed by atoms with E-state index in [4.69, 9.17) is 34.1 Å². The van der Waals surface area contributed by atoms with Gasteiger partial charge in [-0.25, -0.2) is 0 Å². The molecule has 6 aromatic rings. The Kier molecular flexibility index (Phi) is 9.94. The van der Waals surface area contributed by atoms with Crippen LogP contribution < -0.4 is 9.47 Å². The van der Waals surface area contributed by atoms with E-state index in [1.54, 1.807) is 39.0 Å². The summed E-state index contributed by atoms with van der Waals surface area (Å²) < 4.78 is 17.7. The lowest BCUT2D eigenvalue weighted by Crippen LogP contribution is -2.16. The maximum absolute atomic E-state index is 7.06. The van der Waals surface area contributed by atoms with E-state index in [0.717, 1.165) is 58.0 Å². The van der Waals surface area contributed by atoms with Gasteiger partial charge in [0, 0.05) is 11.1 Å². The highest BCUT2D eigenvalue weighted by atomic mass is 16.5. The molecule has 47 heavy (non-hydrogen) atoms. The standard InChI is InChI=1S/C40H38N4O3/c1-5-27-7-11-31(12-8-27)39(37-25-41-35(23-43-37)29-15-19-33(45-3)20-16-29)47-40(32-13-9-28(6-2)10-14-32)38-26-42-36(24-44-38)30-17-21-34(46-4)22-18-30/h7-26,39-40H,5-6H2,1-4H3.